The van der Waals surface area contributed by atoms with Crippen molar-refractivity contribution in [3.63, 3.8) is 0 Å². The fraction of sp³-hybridized carbons (Fsp3) is 0.308. The highest BCUT2D eigenvalue weighted by molar-refractivity contribution is 5.56. The summed E-state index contributed by atoms with van der Waals surface area (Å²) < 4.78 is 0. The van der Waals surface area contributed by atoms with Gasteiger partial charge in [-0.1, -0.05) is 0 Å². The molecule has 2 aromatic rings. The number of aromatic nitrogens is 3. The zero-order chi connectivity index (χ0) is 11.7. The first-order valence-electron chi connectivity index (χ1n) is 5.82. The van der Waals surface area contributed by atoms with Crippen molar-refractivity contribution in [1.29, 1.82) is 0 Å². The fourth-order valence-electron chi connectivity index (χ4n) is 2.12. The highest BCUT2D eigenvalue weighted by atomic mass is 14.9. The van der Waals surface area contributed by atoms with Crippen molar-refractivity contribution < 1.29 is 0 Å². The minimum Gasteiger partial charge on any atom is -0.328 e. The summed E-state index contributed by atoms with van der Waals surface area (Å²) in [4.78, 5) is 13.0. The minimum absolute atomic E-state index is 0.325. The molecule has 86 valence electrons. The van der Waals surface area contributed by atoms with Crippen molar-refractivity contribution in [2.24, 2.45) is 5.73 Å². The molecule has 4 heteroatoms. The maximum absolute atomic E-state index is 5.79. The van der Waals surface area contributed by atoms with Crippen LogP contribution in [0.2, 0.25) is 0 Å². The molecule has 2 aromatic heterocycles. The molecule has 1 aliphatic carbocycles. The van der Waals surface area contributed by atoms with E-state index in [1.54, 1.807) is 6.20 Å². The summed E-state index contributed by atoms with van der Waals surface area (Å²) in [6.45, 7) is 0. The van der Waals surface area contributed by atoms with Gasteiger partial charge in [-0.2, -0.15) is 0 Å². The minimum atomic E-state index is 0.325. The number of nitrogens with two attached hydrogens (primary N) is 1. The lowest BCUT2D eigenvalue weighted by Crippen LogP contribution is -2.35. The zero-order valence-electron chi connectivity index (χ0n) is 9.45. The van der Waals surface area contributed by atoms with E-state index in [2.05, 4.69) is 15.0 Å². The molecule has 17 heavy (non-hydrogen) atoms. The van der Waals surface area contributed by atoms with Gasteiger partial charge in [-0.3, -0.25) is 4.98 Å². The average Bonchev–Trinajstić information content (AvgIpc) is 2.36. The van der Waals surface area contributed by atoms with Crippen LogP contribution in [0.25, 0.3) is 11.3 Å². The molecule has 0 bridgehead atoms. The Morgan fingerprint density at radius 1 is 1.18 bits per heavy atom. The molecular weight excluding hydrogens is 212 g/mol. The second kappa shape index (κ2) is 4.22. The normalized spacial score (nSPS) is 23.1. The summed E-state index contributed by atoms with van der Waals surface area (Å²) in [5, 5.41) is 0. The molecule has 0 amide bonds. The predicted molar refractivity (Wildman–Crippen MR) is 65.2 cm³/mol. The van der Waals surface area contributed by atoms with E-state index in [4.69, 9.17) is 5.73 Å². The fourth-order valence-corrected chi connectivity index (χ4v) is 2.12. The van der Waals surface area contributed by atoms with Gasteiger partial charge < -0.3 is 5.73 Å². The van der Waals surface area contributed by atoms with Crippen LogP contribution in [0.4, 0.5) is 0 Å². The Labute approximate surface area is 99.9 Å². The summed E-state index contributed by atoms with van der Waals surface area (Å²) in [7, 11) is 0. The highest BCUT2D eigenvalue weighted by Crippen LogP contribution is 2.34. The van der Waals surface area contributed by atoms with E-state index in [0.29, 0.717) is 12.0 Å². The molecule has 0 spiro atoms. The molecule has 0 unspecified atom stereocenters. The first-order valence-corrected chi connectivity index (χ1v) is 5.82. The van der Waals surface area contributed by atoms with Crippen LogP contribution >= 0.6 is 0 Å². The third kappa shape index (κ3) is 2.03. The number of hydrogen-bond donors (Lipinski definition) is 1. The van der Waals surface area contributed by atoms with Gasteiger partial charge in [-0.05, 0) is 31.0 Å². The van der Waals surface area contributed by atoms with E-state index in [1.165, 1.54) is 0 Å². The molecule has 3 rings (SSSR count). The second-order valence-corrected chi connectivity index (χ2v) is 4.47. The topological polar surface area (TPSA) is 64.7 Å². The Morgan fingerprint density at radius 2 is 2.06 bits per heavy atom. The quantitative estimate of drug-likeness (QED) is 0.847. The molecule has 2 N–H and O–H groups in total. The summed E-state index contributed by atoms with van der Waals surface area (Å²) >= 11 is 0. The molecule has 0 radical (unpaired) electrons. The van der Waals surface area contributed by atoms with Crippen molar-refractivity contribution in [2.45, 2.75) is 24.8 Å². The van der Waals surface area contributed by atoms with Crippen molar-refractivity contribution >= 4 is 0 Å². The van der Waals surface area contributed by atoms with Crippen LogP contribution < -0.4 is 5.73 Å². The zero-order valence-corrected chi connectivity index (χ0v) is 9.45. The molecule has 1 saturated carbocycles. The summed E-state index contributed by atoms with van der Waals surface area (Å²) in [5.74, 6) is 1.34. The number of rotatable bonds is 2. The Hall–Kier alpha value is -1.81. The molecule has 4 nitrogen and oxygen atoms in total. The van der Waals surface area contributed by atoms with Crippen molar-refractivity contribution in [1.82, 2.24) is 15.0 Å². The highest BCUT2D eigenvalue weighted by Gasteiger charge is 2.29. The van der Waals surface area contributed by atoms with Crippen LogP contribution in [0, 0.1) is 0 Å². The molecule has 0 aliphatic heterocycles. The summed E-state index contributed by atoms with van der Waals surface area (Å²) in [5.41, 5.74) is 7.75. The molecule has 0 aromatic carbocycles. The van der Waals surface area contributed by atoms with Crippen LogP contribution in [0.15, 0.2) is 36.8 Å². The Morgan fingerprint density at radius 3 is 2.76 bits per heavy atom. The van der Waals surface area contributed by atoms with Crippen LogP contribution in [0.3, 0.4) is 0 Å². The third-order valence-corrected chi connectivity index (χ3v) is 3.17. The first-order chi connectivity index (χ1) is 8.33. The van der Waals surface area contributed by atoms with E-state index >= 15 is 0 Å². The average molecular weight is 226 g/mol. The van der Waals surface area contributed by atoms with Gasteiger partial charge in [0.25, 0.3) is 0 Å². The number of pyridine rings is 1. The lowest BCUT2D eigenvalue weighted by Gasteiger charge is -2.31. The van der Waals surface area contributed by atoms with E-state index in [9.17, 15) is 0 Å². The molecule has 0 saturated heterocycles. The maximum atomic E-state index is 5.79. The second-order valence-electron chi connectivity index (χ2n) is 4.47. The molecule has 2 heterocycles. The van der Waals surface area contributed by atoms with Crippen LogP contribution in [-0.2, 0) is 0 Å². The summed E-state index contributed by atoms with van der Waals surface area (Å²) in [6.07, 6.45) is 7.39. The Balaban J connectivity index is 1.89. The van der Waals surface area contributed by atoms with Crippen molar-refractivity contribution in [3.8, 4) is 11.3 Å². The maximum Gasteiger partial charge on any atom is 0.132 e. The Bertz CT molecular complexity index is 506. The largest absolute Gasteiger partial charge is 0.328 e. The van der Waals surface area contributed by atoms with Gasteiger partial charge in [0.1, 0.15) is 5.82 Å². The number of nitrogens with zero attached hydrogens (tertiary/aromatic N) is 3. The molecular formula is C13H14N4. The third-order valence-electron chi connectivity index (χ3n) is 3.17. The standard InChI is InChI=1S/C13H14N4/c14-11-6-10(7-11)13-16-5-3-12(17-13)9-2-1-4-15-8-9/h1-5,8,10-11H,6-7,14H2. The smallest absolute Gasteiger partial charge is 0.132 e. The van der Waals surface area contributed by atoms with Crippen LogP contribution in [-0.4, -0.2) is 21.0 Å². The van der Waals surface area contributed by atoms with Crippen molar-refractivity contribution in [2.75, 3.05) is 0 Å². The lowest BCUT2D eigenvalue weighted by atomic mass is 9.80. The van der Waals surface area contributed by atoms with Gasteiger partial charge in [0.2, 0.25) is 0 Å². The van der Waals surface area contributed by atoms with Gasteiger partial charge in [0.05, 0.1) is 5.69 Å². The van der Waals surface area contributed by atoms with E-state index in [-0.39, 0.29) is 0 Å². The SMILES string of the molecule is NC1CC(c2nccc(-c3cccnc3)n2)C1. The molecule has 0 atom stereocenters. The Kier molecular flexibility index (Phi) is 2.57. The van der Waals surface area contributed by atoms with Gasteiger partial charge in [-0.15, -0.1) is 0 Å². The molecule has 1 fully saturated rings. The predicted octanol–water partition coefficient (Wildman–Crippen LogP) is 1.74. The van der Waals surface area contributed by atoms with Gasteiger partial charge in [0, 0.05) is 36.1 Å². The van der Waals surface area contributed by atoms with Gasteiger partial charge in [-0.25, -0.2) is 9.97 Å². The monoisotopic (exact) mass is 226 g/mol. The van der Waals surface area contributed by atoms with E-state index in [0.717, 1.165) is 29.9 Å². The number of hydrogen-bond acceptors (Lipinski definition) is 4. The lowest BCUT2D eigenvalue weighted by molar-refractivity contribution is 0.338. The van der Waals surface area contributed by atoms with Crippen molar-refractivity contribution in [3.05, 3.63) is 42.6 Å². The van der Waals surface area contributed by atoms with Crippen LogP contribution in [0.5, 0.6) is 0 Å². The van der Waals surface area contributed by atoms with Gasteiger partial charge >= 0.3 is 0 Å². The van der Waals surface area contributed by atoms with Gasteiger partial charge in [0.15, 0.2) is 0 Å². The summed E-state index contributed by atoms with van der Waals surface area (Å²) in [6, 6.07) is 6.16. The first kappa shape index (κ1) is 10.4. The van der Waals surface area contributed by atoms with Crippen LogP contribution in [0.1, 0.15) is 24.6 Å². The van der Waals surface area contributed by atoms with E-state index in [1.807, 2.05) is 30.6 Å². The molecule has 1 aliphatic rings. The van der Waals surface area contributed by atoms with E-state index < -0.39 is 0 Å².